The highest BCUT2D eigenvalue weighted by atomic mass is 16.5. The SMILES string of the molecule is CC(=O)N(Cc1ccc2c(c1)CN(C(=O)NC[C@H]1CCCO1)CCO2)c1ccc(C)cc1. The Morgan fingerprint density at radius 1 is 1.16 bits per heavy atom. The zero-order chi connectivity index (χ0) is 22.5. The average Bonchev–Trinajstić information content (AvgIpc) is 3.21. The molecule has 0 bridgehead atoms. The number of hydrogen-bond donors (Lipinski definition) is 1. The van der Waals surface area contributed by atoms with Crippen molar-refractivity contribution in [3.63, 3.8) is 0 Å². The summed E-state index contributed by atoms with van der Waals surface area (Å²) in [7, 11) is 0. The predicted octanol–water partition coefficient (Wildman–Crippen LogP) is 3.63. The van der Waals surface area contributed by atoms with Crippen molar-refractivity contribution in [3.8, 4) is 5.75 Å². The normalized spacial score (nSPS) is 17.8. The van der Waals surface area contributed by atoms with Gasteiger partial charge in [-0.25, -0.2) is 4.79 Å². The first-order chi connectivity index (χ1) is 15.5. The monoisotopic (exact) mass is 437 g/mol. The van der Waals surface area contributed by atoms with Gasteiger partial charge in [-0.2, -0.15) is 0 Å². The number of urea groups is 1. The highest BCUT2D eigenvalue weighted by Crippen LogP contribution is 2.26. The van der Waals surface area contributed by atoms with E-state index in [0.717, 1.165) is 47.6 Å². The van der Waals surface area contributed by atoms with Gasteiger partial charge >= 0.3 is 6.03 Å². The average molecular weight is 438 g/mol. The van der Waals surface area contributed by atoms with Gasteiger partial charge in [-0.15, -0.1) is 0 Å². The quantitative estimate of drug-likeness (QED) is 0.776. The van der Waals surface area contributed by atoms with Gasteiger partial charge in [0.05, 0.1) is 25.7 Å². The van der Waals surface area contributed by atoms with E-state index < -0.39 is 0 Å². The summed E-state index contributed by atoms with van der Waals surface area (Å²) in [6, 6.07) is 13.8. The van der Waals surface area contributed by atoms with E-state index in [1.807, 2.05) is 49.4 Å². The molecule has 3 amide bonds. The molecule has 1 atom stereocenters. The first kappa shape index (κ1) is 22.1. The van der Waals surface area contributed by atoms with E-state index in [1.54, 1.807) is 16.7 Å². The van der Waals surface area contributed by atoms with Gasteiger partial charge in [0.25, 0.3) is 0 Å². The van der Waals surface area contributed by atoms with Gasteiger partial charge in [0.1, 0.15) is 12.4 Å². The molecule has 1 N–H and O–H groups in total. The molecule has 0 aliphatic carbocycles. The molecule has 2 aliphatic heterocycles. The van der Waals surface area contributed by atoms with Crippen LogP contribution in [0.1, 0.15) is 36.5 Å². The molecular weight excluding hydrogens is 406 g/mol. The number of aryl methyl sites for hydroxylation is 1. The van der Waals surface area contributed by atoms with Crippen LogP contribution in [-0.2, 0) is 22.6 Å². The van der Waals surface area contributed by atoms with Crippen molar-refractivity contribution >= 4 is 17.6 Å². The van der Waals surface area contributed by atoms with Crippen molar-refractivity contribution in [2.45, 2.75) is 45.9 Å². The molecule has 0 unspecified atom stereocenters. The lowest BCUT2D eigenvalue weighted by molar-refractivity contribution is -0.116. The lowest BCUT2D eigenvalue weighted by atomic mass is 10.1. The molecule has 0 saturated carbocycles. The fourth-order valence-corrected chi connectivity index (χ4v) is 4.13. The van der Waals surface area contributed by atoms with Gasteiger partial charge in [0, 0.05) is 31.3 Å². The lowest BCUT2D eigenvalue weighted by Gasteiger charge is -2.23. The van der Waals surface area contributed by atoms with E-state index in [2.05, 4.69) is 5.32 Å². The second-order valence-corrected chi connectivity index (χ2v) is 8.47. The Labute approximate surface area is 189 Å². The molecule has 32 heavy (non-hydrogen) atoms. The minimum atomic E-state index is -0.104. The summed E-state index contributed by atoms with van der Waals surface area (Å²) in [5, 5.41) is 2.99. The van der Waals surface area contributed by atoms with Gasteiger partial charge in [0.2, 0.25) is 5.91 Å². The van der Waals surface area contributed by atoms with Crippen molar-refractivity contribution < 1.29 is 19.1 Å². The Balaban J connectivity index is 1.46. The first-order valence-corrected chi connectivity index (χ1v) is 11.2. The Kier molecular flexibility index (Phi) is 6.95. The van der Waals surface area contributed by atoms with Gasteiger partial charge < -0.3 is 24.6 Å². The summed E-state index contributed by atoms with van der Waals surface area (Å²) in [5.74, 6) is 0.767. The number of nitrogens with one attached hydrogen (secondary N) is 1. The lowest BCUT2D eigenvalue weighted by Crippen LogP contribution is -2.43. The summed E-state index contributed by atoms with van der Waals surface area (Å²) >= 11 is 0. The molecule has 1 fully saturated rings. The molecule has 2 aromatic carbocycles. The van der Waals surface area contributed by atoms with E-state index in [1.165, 1.54) is 0 Å². The van der Waals surface area contributed by atoms with Crippen molar-refractivity contribution in [2.24, 2.45) is 0 Å². The summed E-state index contributed by atoms with van der Waals surface area (Å²) in [4.78, 5) is 28.6. The standard InChI is InChI=1S/C25H31N3O4/c1-18-5-8-22(9-6-18)28(19(2)29)16-20-7-10-24-21(14-20)17-27(11-13-32-24)25(30)26-15-23-4-3-12-31-23/h5-10,14,23H,3-4,11-13,15-17H2,1-2H3,(H,26,30)/t23-/m1/s1. The number of carbonyl (C=O) groups is 2. The van der Waals surface area contributed by atoms with Crippen LogP contribution in [0, 0.1) is 6.92 Å². The van der Waals surface area contributed by atoms with E-state index in [9.17, 15) is 9.59 Å². The van der Waals surface area contributed by atoms with Crippen LogP contribution in [0.2, 0.25) is 0 Å². The minimum Gasteiger partial charge on any atom is -0.491 e. The molecular formula is C25H31N3O4. The van der Waals surface area contributed by atoms with Crippen LogP contribution >= 0.6 is 0 Å². The summed E-state index contributed by atoms with van der Waals surface area (Å²) in [6.45, 7) is 6.79. The van der Waals surface area contributed by atoms with Crippen LogP contribution < -0.4 is 15.0 Å². The number of nitrogens with zero attached hydrogens (tertiary/aromatic N) is 2. The number of rotatable bonds is 5. The third kappa shape index (κ3) is 5.40. The minimum absolute atomic E-state index is 0.0184. The van der Waals surface area contributed by atoms with Crippen molar-refractivity contribution in [1.82, 2.24) is 10.2 Å². The van der Waals surface area contributed by atoms with Gasteiger partial charge in [-0.3, -0.25) is 4.79 Å². The van der Waals surface area contributed by atoms with Crippen LogP contribution in [0.5, 0.6) is 5.75 Å². The Bertz CT molecular complexity index is 954. The van der Waals surface area contributed by atoms with Crippen LogP contribution in [0.15, 0.2) is 42.5 Å². The Morgan fingerprint density at radius 2 is 1.97 bits per heavy atom. The van der Waals surface area contributed by atoms with Gasteiger partial charge in [-0.1, -0.05) is 23.8 Å². The molecule has 0 radical (unpaired) electrons. The maximum absolute atomic E-state index is 12.7. The number of hydrogen-bond acceptors (Lipinski definition) is 4. The Morgan fingerprint density at radius 3 is 2.69 bits per heavy atom. The molecule has 7 heteroatoms. The molecule has 1 saturated heterocycles. The number of amides is 3. The van der Waals surface area contributed by atoms with E-state index >= 15 is 0 Å². The zero-order valence-electron chi connectivity index (χ0n) is 18.8. The van der Waals surface area contributed by atoms with Crippen molar-refractivity contribution in [3.05, 3.63) is 59.2 Å². The maximum Gasteiger partial charge on any atom is 0.317 e. The Hall–Kier alpha value is -3.06. The van der Waals surface area contributed by atoms with E-state index in [0.29, 0.717) is 32.8 Å². The molecule has 0 aromatic heterocycles. The van der Waals surface area contributed by atoms with E-state index in [4.69, 9.17) is 9.47 Å². The molecule has 2 heterocycles. The molecule has 170 valence electrons. The number of anilines is 1. The molecule has 4 rings (SSSR count). The first-order valence-electron chi connectivity index (χ1n) is 11.2. The summed E-state index contributed by atoms with van der Waals surface area (Å²) in [6.07, 6.45) is 2.15. The number of benzene rings is 2. The molecule has 2 aromatic rings. The predicted molar refractivity (Wildman–Crippen MR) is 123 cm³/mol. The van der Waals surface area contributed by atoms with Crippen molar-refractivity contribution in [1.29, 1.82) is 0 Å². The fraction of sp³-hybridized carbons (Fsp3) is 0.440. The highest BCUT2D eigenvalue weighted by molar-refractivity contribution is 5.91. The summed E-state index contributed by atoms with van der Waals surface area (Å²) in [5.41, 5.74) is 3.95. The second kappa shape index (κ2) is 10.0. The summed E-state index contributed by atoms with van der Waals surface area (Å²) < 4.78 is 11.5. The maximum atomic E-state index is 12.7. The molecule has 2 aliphatic rings. The second-order valence-electron chi connectivity index (χ2n) is 8.47. The molecule has 7 nitrogen and oxygen atoms in total. The van der Waals surface area contributed by atoms with Gasteiger partial charge in [0.15, 0.2) is 0 Å². The number of ether oxygens (including phenoxy) is 2. The third-order valence-corrected chi connectivity index (χ3v) is 5.96. The number of fused-ring (bicyclic) bond motifs is 1. The third-order valence-electron chi connectivity index (χ3n) is 5.96. The smallest absolute Gasteiger partial charge is 0.317 e. The van der Waals surface area contributed by atoms with Crippen LogP contribution in [-0.4, -0.2) is 49.2 Å². The van der Waals surface area contributed by atoms with Crippen LogP contribution in [0.3, 0.4) is 0 Å². The van der Waals surface area contributed by atoms with Crippen molar-refractivity contribution in [2.75, 3.05) is 31.2 Å². The topological polar surface area (TPSA) is 71.1 Å². The van der Waals surface area contributed by atoms with Crippen LogP contribution in [0.25, 0.3) is 0 Å². The number of carbonyl (C=O) groups excluding carboxylic acids is 2. The largest absolute Gasteiger partial charge is 0.491 e. The van der Waals surface area contributed by atoms with E-state index in [-0.39, 0.29) is 18.0 Å². The highest BCUT2D eigenvalue weighted by Gasteiger charge is 2.23. The van der Waals surface area contributed by atoms with Gasteiger partial charge in [-0.05, 0) is 49.6 Å². The zero-order valence-corrected chi connectivity index (χ0v) is 18.8. The molecule has 0 spiro atoms. The fourth-order valence-electron chi connectivity index (χ4n) is 4.13. The van der Waals surface area contributed by atoms with Crippen LogP contribution in [0.4, 0.5) is 10.5 Å².